The molecule has 0 aromatic carbocycles. The Balaban J connectivity index is 3.77. The molecule has 0 spiro atoms. The number of rotatable bonds is 12. The monoisotopic (exact) mass is 279 g/mol. The number of carbonyl (C=O) groups is 2. The summed E-state index contributed by atoms with van der Waals surface area (Å²) in [7, 11) is 1.56. The molecule has 0 aromatic rings. The van der Waals surface area contributed by atoms with Gasteiger partial charge in [0.2, 0.25) is 0 Å². The van der Waals surface area contributed by atoms with Crippen molar-refractivity contribution in [2.75, 3.05) is 40.1 Å². The first-order chi connectivity index (χ1) is 8.92. The summed E-state index contributed by atoms with van der Waals surface area (Å²) >= 11 is 0. The molecule has 0 aromatic heterocycles. The molecule has 8 heteroatoms. The number of hydrogen-bond donors (Lipinski definition) is 3. The highest BCUT2D eigenvalue weighted by Gasteiger charge is 2.36. The summed E-state index contributed by atoms with van der Waals surface area (Å²) < 4.78 is 15.0. The third-order valence-corrected chi connectivity index (χ3v) is 2.39. The smallest absolute Gasteiger partial charge is 0.324 e. The normalized spacial score (nSPS) is 14.0. The van der Waals surface area contributed by atoms with E-state index in [0.717, 1.165) is 0 Å². The molecule has 0 amide bonds. The van der Waals surface area contributed by atoms with Crippen LogP contribution in [0.4, 0.5) is 0 Å². The number of carboxylic acids is 2. The number of nitrogens with two attached hydrogens (primary N) is 1. The van der Waals surface area contributed by atoms with Gasteiger partial charge in [0.25, 0.3) is 0 Å². The van der Waals surface area contributed by atoms with E-state index < -0.39 is 23.9 Å². The van der Waals surface area contributed by atoms with Gasteiger partial charge in [0.15, 0.2) is 0 Å². The van der Waals surface area contributed by atoms with Gasteiger partial charge >= 0.3 is 11.9 Å². The molecule has 8 nitrogen and oxygen atoms in total. The molecule has 0 fully saturated rings. The van der Waals surface area contributed by atoms with Crippen LogP contribution in [0.25, 0.3) is 0 Å². The van der Waals surface area contributed by atoms with Crippen molar-refractivity contribution in [3.8, 4) is 0 Å². The standard InChI is InChI=1S/C11H21NO7/c1-17-4-5-19-7-6-18-3-2-11(12,10(15)16)8-9(13)14/h2-8,12H2,1H3,(H,13,14)(H,15,16)/t11-/m0/s1. The molecular formula is C11H21NO7. The van der Waals surface area contributed by atoms with Crippen LogP contribution in [0.3, 0.4) is 0 Å². The maximum Gasteiger partial charge on any atom is 0.324 e. The molecule has 0 unspecified atom stereocenters. The Hall–Kier alpha value is -1.22. The number of carboxylic acid groups (broad SMARTS) is 2. The van der Waals surface area contributed by atoms with E-state index in [1.54, 1.807) is 7.11 Å². The van der Waals surface area contributed by atoms with Gasteiger partial charge in [-0.15, -0.1) is 0 Å². The second-order valence-corrected chi connectivity index (χ2v) is 4.00. The maximum atomic E-state index is 10.9. The van der Waals surface area contributed by atoms with Gasteiger partial charge in [-0.05, 0) is 0 Å². The third kappa shape index (κ3) is 8.49. The van der Waals surface area contributed by atoms with Gasteiger partial charge in [-0.25, -0.2) is 0 Å². The highest BCUT2D eigenvalue weighted by molar-refractivity contribution is 5.84. The van der Waals surface area contributed by atoms with Crippen molar-refractivity contribution in [3.63, 3.8) is 0 Å². The first kappa shape index (κ1) is 17.8. The molecule has 1 atom stereocenters. The zero-order valence-electron chi connectivity index (χ0n) is 11.0. The van der Waals surface area contributed by atoms with E-state index in [-0.39, 0.29) is 19.6 Å². The summed E-state index contributed by atoms with van der Waals surface area (Å²) in [4.78, 5) is 21.5. The van der Waals surface area contributed by atoms with Crippen LogP contribution < -0.4 is 5.73 Å². The van der Waals surface area contributed by atoms with E-state index in [9.17, 15) is 9.59 Å². The predicted molar refractivity (Wildman–Crippen MR) is 64.9 cm³/mol. The molecule has 0 aliphatic carbocycles. The lowest BCUT2D eigenvalue weighted by atomic mass is 9.93. The van der Waals surface area contributed by atoms with Crippen molar-refractivity contribution in [2.24, 2.45) is 5.73 Å². The first-order valence-corrected chi connectivity index (χ1v) is 5.81. The molecule has 0 rings (SSSR count). The third-order valence-electron chi connectivity index (χ3n) is 2.39. The maximum absolute atomic E-state index is 10.9. The molecule has 0 aliphatic rings. The van der Waals surface area contributed by atoms with Gasteiger partial charge in [-0.3, -0.25) is 9.59 Å². The molecule has 0 saturated heterocycles. The molecule has 0 radical (unpaired) electrons. The van der Waals surface area contributed by atoms with E-state index in [2.05, 4.69) is 0 Å². The number of hydrogen-bond acceptors (Lipinski definition) is 6. The minimum absolute atomic E-state index is 0.0592. The van der Waals surface area contributed by atoms with Crippen LogP contribution in [0, 0.1) is 0 Å². The highest BCUT2D eigenvalue weighted by atomic mass is 16.5. The van der Waals surface area contributed by atoms with Crippen LogP contribution in [-0.4, -0.2) is 67.8 Å². The highest BCUT2D eigenvalue weighted by Crippen LogP contribution is 2.12. The summed E-state index contributed by atoms with van der Waals surface area (Å²) in [6.45, 7) is 1.64. The summed E-state index contributed by atoms with van der Waals surface area (Å²) in [6, 6.07) is 0. The quantitative estimate of drug-likeness (QED) is 0.400. The van der Waals surface area contributed by atoms with Crippen molar-refractivity contribution in [2.45, 2.75) is 18.4 Å². The van der Waals surface area contributed by atoms with Crippen molar-refractivity contribution in [1.29, 1.82) is 0 Å². The lowest BCUT2D eigenvalue weighted by molar-refractivity contribution is -0.150. The molecule has 0 saturated carbocycles. The Kier molecular flexibility index (Phi) is 9.06. The fraction of sp³-hybridized carbons (Fsp3) is 0.818. The molecule has 0 aliphatic heterocycles. The summed E-state index contributed by atoms with van der Waals surface area (Å²) in [5.41, 5.74) is 3.71. The van der Waals surface area contributed by atoms with E-state index in [1.165, 1.54) is 0 Å². The minimum Gasteiger partial charge on any atom is -0.481 e. The van der Waals surface area contributed by atoms with Crippen LogP contribution in [0.5, 0.6) is 0 Å². The summed E-state index contributed by atoms with van der Waals surface area (Å²) in [6.07, 6.45) is -0.720. The Morgan fingerprint density at radius 2 is 1.58 bits per heavy atom. The lowest BCUT2D eigenvalue weighted by Crippen LogP contribution is -2.50. The van der Waals surface area contributed by atoms with Gasteiger partial charge < -0.3 is 30.2 Å². The predicted octanol–water partition coefficient (Wildman–Crippen LogP) is -0.687. The van der Waals surface area contributed by atoms with Crippen molar-refractivity contribution in [1.82, 2.24) is 0 Å². The zero-order valence-corrected chi connectivity index (χ0v) is 11.0. The van der Waals surface area contributed by atoms with Crippen LogP contribution in [0.2, 0.25) is 0 Å². The molecule has 0 heterocycles. The second-order valence-electron chi connectivity index (χ2n) is 4.00. The lowest BCUT2D eigenvalue weighted by Gasteiger charge is -2.22. The van der Waals surface area contributed by atoms with E-state index in [4.69, 9.17) is 30.2 Å². The first-order valence-electron chi connectivity index (χ1n) is 5.81. The molecule has 4 N–H and O–H groups in total. The van der Waals surface area contributed by atoms with Crippen molar-refractivity contribution in [3.05, 3.63) is 0 Å². The summed E-state index contributed by atoms with van der Waals surface area (Å²) in [5.74, 6) is -2.61. The average Bonchev–Trinajstić information content (AvgIpc) is 2.31. The van der Waals surface area contributed by atoms with Crippen molar-refractivity contribution < 1.29 is 34.0 Å². The van der Waals surface area contributed by atoms with Gasteiger partial charge in [0.05, 0.1) is 32.8 Å². The van der Waals surface area contributed by atoms with Gasteiger partial charge in [0.1, 0.15) is 5.54 Å². The number of ether oxygens (including phenoxy) is 3. The Morgan fingerprint density at radius 3 is 2.05 bits per heavy atom. The zero-order chi connectivity index (χ0) is 14.7. The topological polar surface area (TPSA) is 128 Å². The summed E-state index contributed by atoms with van der Waals surface area (Å²) in [5, 5.41) is 17.5. The van der Waals surface area contributed by atoms with Crippen molar-refractivity contribution >= 4 is 11.9 Å². The molecule has 19 heavy (non-hydrogen) atoms. The average molecular weight is 279 g/mol. The van der Waals surface area contributed by atoms with E-state index >= 15 is 0 Å². The fourth-order valence-corrected chi connectivity index (χ4v) is 1.26. The Labute approximate surface area is 111 Å². The Morgan fingerprint density at radius 1 is 1.05 bits per heavy atom. The number of aliphatic carboxylic acids is 2. The van der Waals surface area contributed by atoms with Crippen LogP contribution in [0.15, 0.2) is 0 Å². The van der Waals surface area contributed by atoms with Crippen LogP contribution >= 0.6 is 0 Å². The fourth-order valence-electron chi connectivity index (χ4n) is 1.26. The van der Waals surface area contributed by atoms with E-state index in [0.29, 0.717) is 19.8 Å². The largest absolute Gasteiger partial charge is 0.481 e. The van der Waals surface area contributed by atoms with Gasteiger partial charge in [-0.2, -0.15) is 0 Å². The van der Waals surface area contributed by atoms with Gasteiger partial charge in [0, 0.05) is 20.1 Å². The SMILES string of the molecule is COCCOCCOCC[C@](N)(CC(=O)O)C(=O)O. The number of methoxy groups -OCH3 is 1. The Bertz CT molecular complexity index is 284. The minimum atomic E-state index is -1.80. The van der Waals surface area contributed by atoms with Gasteiger partial charge in [-0.1, -0.05) is 0 Å². The second kappa shape index (κ2) is 9.68. The molecule has 0 bridgehead atoms. The molecular weight excluding hydrogens is 258 g/mol. The molecule has 112 valence electrons. The van der Waals surface area contributed by atoms with E-state index in [1.807, 2.05) is 0 Å². The van der Waals surface area contributed by atoms with Crippen LogP contribution in [0.1, 0.15) is 12.8 Å². The van der Waals surface area contributed by atoms with Crippen LogP contribution in [-0.2, 0) is 23.8 Å².